The fourth-order valence-corrected chi connectivity index (χ4v) is 5.78. The quantitative estimate of drug-likeness (QED) is 0.130. The molecule has 5 rings (SSSR count). The summed E-state index contributed by atoms with van der Waals surface area (Å²) in [4.78, 5) is 69.2. The van der Waals surface area contributed by atoms with E-state index in [4.69, 9.17) is 28.5 Å². The predicted molar refractivity (Wildman–Crippen MR) is 174 cm³/mol. The van der Waals surface area contributed by atoms with Crippen molar-refractivity contribution in [1.29, 1.82) is 0 Å². The molecule has 14 heteroatoms. The number of amides is 2. The van der Waals surface area contributed by atoms with Crippen molar-refractivity contribution in [2.45, 2.75) is 64.8 Å². The van der Waals surface area contributed by atoms with E-state index in [1.54, 1.807) is 29.2 Å². The van der Waals surface area contributed by atoms with Crippen molar-refractivity contribution in [2.24, 2.45) is 5.16 Å². The Kier molecular flexibility index (Phi) is 11.1. The van der Waals surface area contributed by atoms with Crippen LogP contribution < -0.4 is 15.0 Å². The lowest BCUT2D eigenvalue weighted by Crippen LogP contribution is -2.66. The number of nitrogens with zero attached hydrogens (tertiary/aromatic N) is 2. The SMILES string of the molecule is CC(=O)N[C@H]1[C@H](ON=C2C(=O)N(CCCOc3cccc4ccccc34)c3ccccc32)O[C@H](COC(C)=O)[C@@H](OC(C)=O)[C@@H]1OC(C)=O. The van der Waals surface area contributed by atoms with Crippen molar-refractivity contribution < 1.29 is 52.5 Å². The van der Waals surface area contributed by atoms with Crippen LogP contribution in [-0.4, -0.2) is 85.8 Å². The molecule has 1 saturated heterocycles. The molecule has 14 nitrogen and oxygen atoms in total. The number of carbonyl (C=O) groups excluding carboxylic acids is 5. The maximum absolute atomic E-state index is 13.7. The van der Waals surface area contributed by atoms with Gasteiger partial charge in [0.2, 0.25) is 5.91 Å². The largest absolute Gasteiger partial charge is 0.493 e. The van der Waals surface area contributed by atoms with Gasteiger partial charge in [-0.3, -0.25) is 24.0 Å². The van der Waals surface area contributed by atoms with Crippen LogP contribution >= 0.6 is 0 Å². The van der Waals surface area contributed by atoms with Gasteiger partial charge in [-0.05, 0) is 23.9 Å². The topological polar surface area (TPSA) is 168 Å². The summed E-state index contributed by atoms with van der Waals surface area (Å²) in [6.07, 6.45) is -4.80. The number of para-hydroxylation sites is 1. The summed E-state index contributed by atoms with van der Waals surface area (Å²) >= 11 is 0. The van der Waals surface area contributed by atoms with Gasteiger partial charge in [0, 0.05) is 45.2 Å². The van der Waals surface area contributed by atoms with Crippen LogP contribution in [0.25, 0.3) is 10.8 Å². The number of oxime groups is 1. The predicted octanol–water partition coefficient (Wildman–Crippen LogP) is 3.03. The van der Waals surface area contributed by atoms with Crippen molar-refractivity contribution in [3.05, 3.63) is 72.3 Å². The molecule has 0 spiro atoms. The minimum Gasteiger partial charge on any atom is -0.493 e. The second kappa shape index (κ2) is 15.6. The van der Waals surface area contributed by atoms with Crippen LogP contribution in [0.1, 0.15) is 39.7 Å². The van der Waals surface area contributed by atoms with Crippen LogP contribution in [0.3, 0.4) is 0 Å². The fraction of sp³-hybridized carbons (Fsp3) is 0.371. The van der Waals surface area contributed by atoms with E-state index in [0.29, 0.717) is 30.8 Å². The van der Waals surface area contributed by atoms with Crippen molar-refractivity contribution in [1.82, 2.24) is 5.32 Å². The van der Waals surface area contributed by atoms with Gasteiger partial charge in [-0.1, -0.05) is 59.8 Å². The molecule has 3 aromatic rings. The van der Waals surface area contributed by atoms with E-state index in [0.717, 1.165) is 30.4 Å². The summed E-state index contributed by atoms with van der Waals surface area (Å²) < 4.78 is 28.1. The Morgan fingerprint density at radius 1 is 0.857 bits per heavy atom. The first-order chi connectivity index (χ1) is 23.5. The van der Waals surface area contributed by atoms with Crippen LogP contribution in [0.15, 0.2) is 71.9 Å². The molecule has 2 aliphatic rings. The zero-order valence-corrected chi connectivity index (χ0v) is 27.5. The first kappa shape index (κ1) is 34.8. The van der Waals surface area contributed by atoms with Crippen molar-refractivity contribution in [2.75, 3.05) is 24.7 Å². The number of fused-ring (bicyclic) bond motifs is 2. The van der Waals surface area contributed by atoms with E-state index in [-0.39, 0.29) is 5.71 Å². The van der Waals surface area contributed by atoms with E-state index in [1.807, 2.05) is 42.5 Å². The molecule has 5 atom stereocenters. The Hall–Kier alpha value is -5.50. The van der Waals surface area contributed by atoms with E-state index >= 15 is 0 Å². The van der Waals surface area contributed by atoms with Crippen LogP contribution in [0.4, 0.5) is 5.69 Å². The molecule has 0 saturated carbocycles. The van der Waals surface area contributed by atoms with E-state index in [1.165, 1.54) is 13.8 Å². The number of benzene rings is 3. The van der Waals surface area contributed by atoms with E-state index in [2.05, 4.69) is 10.5 Å². The van der Waals surface area contributed by atoms with Gasteiger partial charge in [0.15, 0.2) is 17.9 Å². The van der Waals surface area contributed by atoms with Gasteiger partial charge in [-0.2, -0.15) is 0 Å². The van der Waals surface area contributed by atoms with Gasteiger partial charge in [-0.25, -0.2) is 0 Å². The zero-order chi connectivity index (χ0) is 35.1. The third-order valence-corrected chi connectivity index (χ3v) is 7.75. The Morgan fingerprint density at radius 3 is 2.29 bits per heavy atom. The van der Waals surface area contributed by atoms with Gasteiger partial charge < -0.3 is 38.7 Å². The maximum Gasteiger partial charge on any atom is 0.303 e. The van der Waals surface area contributed by atoms with Gasteiger partial charge in [0.1, 0.15) is 24.5 Å². The molecule has 0 aliphatic carbocycles. The summed E-state index contributed by atoms with van der Waals surface area (Å²) in [6.45, 7) is 4.93. The third-order valence-electron chi connectivity index (χ3n) is 7.75. The van der Waals surface area contributed by atoms with Crippen LogP contribution in [0, 0.1) is 0 Å². The van der Waals surface area contributed by atoms with Crippen LogP contribution in [-0.2, 0) is 47.8 Å². The molecule has 3 aromatic carbocycles. The average Bonchev–Trinajstić information content (AvgIpc) is 3.32. The number of ether oxygens (including phenoxy) is 5. The molecule has 0 aromatic heterocycles. The Morgan fingerprint density at radius 2 is 1.55 bits per heavy atom. The molecule has 2 heterocycles. The summed E-state index contributed by atoms with van der Waals surface area (Å²) in [5.74, 6) is -2.38. The molecule has 49 heavy (non-hydrogen) atoms. The van der Waals surface area contributed by atoms with E-state index in [9.17, 15) is 24.0 Å². The standard InChI is InChI=1S/C35H37N3O11/c1-20(39)36-31-33(47-23(4)42)32(46-22(3)41)29(19-45-21(2)40)48-35(31)49-37-30-26-14-7-8-15-27(26)38(34(30)43)17-10-18-44-28-16-9-12-24-11-5-6-13-25(24)28/h5-9,11-16,29,31-33,35H,10,17-19H2,1-4H3,(H,36,39)/t29-,31-,32-,33-,35+/m1/s1. The molecule has 2 aliphatic heterocycles. The summed E-state index contributed by atoms with van der Waals surface area (Å²) in [5.41, 5.74) is 1.09. The molecular formula is C35H37N3O11. The van der Waals surface area contributed by atoms with Crippen molar-refractivity contribution in [3.63, 3.8) is 0 Å². The molecular weight excluding hydrogens is 638 g/mol. The number of carbonyl (C=O) groups is 5. The second-order valence-corrected chi connectivity index (χ2v) is 11.4. The monoisotopic (exact) mass is 675 g/mol. The second-order valence-electron chi connectivity index (χ2n) is 11.4. The zero-order valence-electron chi connectivity index (χ0n) is 27.5. The summed E-state index contributed by atoms with van der Waals surface area (Å²) in [6, 6.07) is 19.6. The average molecular weight is 676 g/mol. The lowest BCUT2D eigenvalue weighted by atomic mass is 9.96. The number of hydrogen-bond donors (Lipinski definition) is 1. The molecule has 1 fully saturated rings. The van der Waals surface area contributed by atoms with Gasteiger partial charge >= 0.3 is 17.9 Å². The Labute approximate surface area is 282 Å². The number of nitrogens with one attached hydrogen (secondary N) is 1. The molecule has 0 radical (unpaired) electrons. The van der Waals surface area contributed by atoms with Crippen molar-refractivity contribution in [3.8, 4) is 5.75 Å². The van der Waals surface area contributed by atoms with E-state index < -0.39 is 67.0 Å². The molecule has 0 bridgehead atoms. The number of hydrogen-bond acceptors (Lipinski definition) is 12. The molecule has 0 unspecified atom stereocenters. The maximum atomic E-state index is 13.7. The lowest BCUT2D eigenvalue weighted by molar-refractivity contribution is -0.278. The minimum absolute atomic E-state index is 0.0292. The normalized spacial score (nSPS) is 22.3. The first-order valence-electron chi connectivity index (χ1n) is 15.7. The van der Waals surface area contributed by atoms with Crippen LogP contribution in [0.5, 0.6) is 5.75 Å². The highest BCUT2D eigenvalue weighted by atomic mass is 16.8. The Balaban J connectivity index is 1.36. The van der Waals surface area contributed by atoms with Gasteiger partial charge in [0.25, 0.3) is 12.2 Å². The smallest absolute Gasteiger partial charge is 0.303 e. The Bertz CT molecular complexity index is 1750. The van der Waals surface area contributed by atoms with Crippen LogP contribution in [0.2, 0.25) is 0 Å². The first-order valence-corrected chi connectivity index (χ1v) is 15.7. The van der Waals surface area contributed by atoms with Gasteiger partial charge in [-0.15, -0.1) is 0 Å². The number of anilines is 1. The highest BCUT2D eigenvalue weighted by Crippen LogP contribution is 2.32. The summed E-state index contributed by atoms with van der Waals surface area (Å²) in [7, 11) is 0. The van der Waals surface area contributed by atoms with Gasteiger partial charge in [0.05, 0.1) is 12.3 Å². The lowest BCUT2D eigenvalue weighted by Gasteiger charge is -2.43. The summed E-state index contributed by atoms with van der Waals surface area (Å²) in [5, 5.41) is 8.84. The minimum atomic E-state index is -1.48. The molecule has 1 N–H and O–H groups in total. The molecule has 258 valence electrons. The fourth-order valence-electron chi connectivity index (χ4n) is 5.78. The number of rotatable bonds is 12. The highest BCUT2D eigenvalue weighted by molar-refractivity contribution is 6.54. The number of esters is 3. The third kappa shape index (κ3) is 8.33. The highest BCUT2D eigenvalue weighted by Gasteiger charge is 2.52. The van der Waals surface area contributed by atoms with Crippen molar-refractivity contribution >= 4 is 51.9 Å². The molecule has 2 amide bonds.